The van der Waals surface area contributed by atoms with Gasteiger partial charge in [0.05, 0.1) is 12.8 Å². The van der Waals surface area contributed by atoms with Gasteiger partial charge in [-0.3, -0.25) is 0 Å². The second-order valence-corrected chi connectivity index (χ2v) is 2.37. The van der Waals surface area contributed by atoms with Crippen molar-refractivity contribution in [3.8, 4) is 0 Å². The number of allylic oxidation sites excluding steroid dienone is 3. The lowest BCUT2D eigenvalue weighted by Gasteiger charge is -2.07. The maximum atomic E-state index is 5.46. The summed E-state index contributed by atoms with van der Waals surface area (Å²) in [5, 5.41) is 2.94. The molecule has 0 saturated heterocycles. The molecule has 0 aliphatic heterocycles. The van der Waals surface area contributed by atoms with Crippen molar-refractivity contribution in [3.05, 3.63) is 35.9 Å². The summed E-state index contributed by atoms with van der Waals surface area (Å²) >= 11 is 0. The third-order valence-corrected chi connectivity index (χ3v) is 1.33. The summed E-state index contributed by atoms with van der Waals surface area (Å²) in [4.78, 5) is 0. The van der Waals surface area contributed by atoms with Crippen molar-refractivity contribution in [1.29, 1.82) is 0 Å². The van der Waals surface area contributed by atoms with Crippen LogP contribution in [-0.4, -0.2) is 14.2 Å². The zero-order chi connectivity index (χ0) is 9.56. The minimum Gasteiger partial charge on any atom is -0.495 e. The van der Waals surface area contributed by atoms with E-state index in [1.54, 1.807) is 20.2 Å². The van der Waals surface area contributed by atoms with Gasteiger partial charge in [-0.15, -0.1) is 0 Å². The number of likely N-dealkylation sites (N-methyl/N-ethyl adjacent to an activating group) is 1. The number of rotatable bonds is 4. The molecule has 0 aromatic rings. The summed E-state index contributed by atoms with van der Waals surface area (Å²) < 4.78 is 4.94. The molecule has 0 atom stereocenters. The predicted octanol–water partition coefficient (Wildman–Crippen LogP) is 1.11. The van der Waals surface area contributed by atoms with Gasteiger partial charge < -0.3 is 15.8 Å². The molecule has 3 N–H and O–H groups in total. The SMILES string of the molecule is C=C(OC)/C(=C\C=C(\C)N)NC. The molecule has 0 amide bonds. The molecule has 3 heteroatoms. The number of methoxy groups -OCH3 is 1. The van der Waals surface area contributed by atoms with Crippen LogP contribution in [-0.2, 0) is 4.74 Å². The molecule has 68 valence electrons. The van der Waals surface area contributed by atoms with Gasteiger partial charge >= 0.3 is 0 Å². The highest BCUT2D eigenvalue weighted by atomic mass is 16.5. The van der Waals surface area contributed by atoms with Crippen LogP contribution < -0.4 is 11.1 Å². The molecule has 0 heterocycles. The molecule has 0 radical (unpaired) electrons. The topological polar surface area (TPSA) is 47.3 Å². The van der Waals surface area contributed by atoms with Crippen LogP contribution in [0.3, 0.4) is 0 Å². The Morgan fingerprint density at radius 3 is 2.42 bits per heavy atom. The normalized spacial score (nSPS) is 12.6. The Hall–Kier alpha value is -1.38. The molecule has 0 rings (SSSR count). The van der Waals surface area contributed by atoms with Gasteiger partial charge in [0, 0.05) is 12.7 Å². The summed E-state index contributed by atoms with van der Waals surface area (Å²) in [6, 6.07) is 0. The third-order valence-electron chi connectivity index (χ3n) is 1.33. The Balaban J connectivity index is 4.44. The minimum atomic E-state index is 0.593. The molecule has 0 spiro atoms. The molecule has 0 aromatic carbocycles. The van der Waals surface area contributed by atoms with E-state index in [-0.39, 0.29) is 0 Å². The number of hydrogen-bond acceptors (Lipinski definition) is 3. The third kappa shape index (κ3) is 3.71. The highest BCUT2D eigenvalue weighted by Crippen LogP contribution is 2.03. The van der Waals surface area contributed by atoms with E-state index in [1.807, 2.05) is 13.0 Å². The van der Waals surface area contributed by atoms with E-state index in [1.165, 1.54) is 0 Å². The van der Waals surface area contributed by atoms with Gasteiger partial charge in [0.25, 0.3) is 0 Å². The lowest BCUT2D eigenvalue weighted by Crippen LogP contribution is -2.08. The second-order valence-electron chi connectivity index (χ2n) is 2.37. The Bertz CT molecular complexity index is 213. The monoisotopic (exact) mass is 168 g/mol. The first kappa shape index (κ1) is 10.6. The molecular weight excluding hydrogens is 152 g/mol. The number of ether oxygens (including phenoxy) is 1. The van der Waals surface area contributed by atoms with Crippen LogP contribution in [0.2, 0.25) is 0 Å². The van der Waals surface area contributed by atoms with Crippen LogP contribution in [0.4, 0.5) is 0 Å². The van der Waals surface area contributed by atoms with E-state index < -0.39 is 0 Å². The Morgan fingerprint density at radius 1 is 1.50 bits per heavy atom. The van der Waals surface area contributed by atoms with E-state index in [0.29, 0.717) is 5.76 Å². The Kier molecular flexibility index (Phi) is 4.69. The smallest absolute Gasteiger partial charge is 0.134 e. The molecule has 0 bridgehead atoms. The summed E-state index contributed by atoms with van der Waals surface area (Å²) in [6.07, 6.45) is 3.61. The zero-order valence-corrected chi connectivity index (χ0v) is 7.85. The summed E-state index contributed by atoms with van der Waals surface area (Å²) in [7, 11) is 3.38. The largest absolute Gasteiger partial charge is 0.495 e. The van der Waals surface area contributed by atoms with Gasteiger partial charge in [-0.25, -0.2) is 0 Å². The lowest BCUT2D eigenvalue weighted by atomic mass is 10.3. The van der Waals surface area contributed by atoms with Crippen LogP contribution in [0, 0.1) is 0 Å². The van der Waals surface area contributed by atoms with E-state index in [4.69, 9.17) is 10.5 Å². The molecule has 0 unspecified atom stereocenters. The average molecular weight is 168 g/mol. The number of nitrogens with one attached hydrogen (secondary N) is 1. The first-order valence-electron chi connectivity index (χ1n) is 3.67. The van der Waals surface area contributed by atoms with E-state index in [0.717, 1.165) is 11.4 Å². The van der Waals surface area contributed by atoms with Crippen LogP contribution in [0.25, 0.3) is 0 Å². The van der Waals surface area contributed by atoms with Crippen molar-refractivity contribution >= 4 is 0 Å². The first-order valence-corrected chi connectivity index (χ1v) is 3.67. The molecule has 12 heavy (non-hydrogen) atoms. The predicted molar refractivity (Wildman–Crippen MR) is 51.2 cm³/mol. The second kappa shape index (κ2) is 5.29. The standard InChI is InChI=1S/C9H16N2O/c1-7(10)5-6-9(11-3)8(2)12-4/h5-6,11H,2,10H2,1,3-4H3/b7-5-,9-6+. The lowest BCUT2D eigenvalue weighted by molar-refractivity contribution is 0.299. The molecule has 0 saturated carbocycles. The Morgan fingerprint density at radius 2 is 2.08 bits per heavy atom. The molecule has 0 fully saturated rings. The van der Waals surface area contributed by atoms with Gasteiger partial charge in [0.15, 0.2) is 0 Å². The first-order chi connectivity index (χ1) is 5.61. The van der Waals surface area contributed by atoms with Gasteiger partial charge in [0.2, 0.25) is 0 Å². The van der Waals surface area contributed by atoms with Crippen LogP contribution in [0.1, 0.15) is 6.92 Å². The maximum absolute atomic E-state index is 5.46. The Labute approximate surface area is 73.6 Å². The highest BCUT2D eigenvalue weighted by Gasteiger charge is 1.96. The summed E-state index contributed by atoms with van der Waals surface area (Å²) in [5.74, 6) is 0.593. The quantitative estimate of drug-likeness (QED) is 0.488. The van der Waals surface area contributed by atoms with Gasteiger partial charge in [0.1, 0.15) is 5.76 Å². The molecule has 0 aliphatic carbocycles. The fourth-order valence-corrected chi connectivity index (χ4v) is 0.640. The van der Waals surface area contributed by atoms with E-state index >= 15 is 0 Å². The molecule has 3 nitrogen and oxygen atoms in total. The summed E-state index contributed by atoms with van der Waals surface area (Å²) in [6.45, 7) is 5.52. The molecular formula is C9H16N2O. The van der Waals surface area contributed by atoms with Crippen LogP contribution in [0.5, 0.6) is 0 Å². The van der Waals surface area contributed by atoms with Crippen molar-refractivity contribution in [2.75, 3.05) is 14.2 Å². The average Bonchev–Trinajstić information content (AvgIpc) is 2.04. The minimum absolute atomic E-state index is 0.593. The zero-order valence-electron chi connectivity index (χ0n) is 7.85. The fraction of sp³-hybridized carbons (Fsp3) is 0.333. The van der Waals surface area contributed by atoms with Gasteiger partial charge in [-0.1, -0.05) is 6.58 Å². The molecule has 0 aromatic heterocycles. The van der Waals surface area contributed by atoms with Crippen LogP contribution in [0.15, 0.2) is 35.9 Å². The number of nitrogens with two attached hydrogens (primary N) is 1. The number of hydrogen-bond donors (Lipinski definition) is 2. The van der Waals surface area contributed by atoms with Crippen molar-refractivity contribution in [3.63, 3.8) is 0 Å². The van der Waals surface area contributed by atoms with Gasteiger partial charge in [-0.05, 0) is 19.1 Å². The maximum Gasteiger partial charge on any atom is 0.134 e. The highest BCUT2D eigenvalue weighted by molar-refractivity contribution is 5.26. The van der Waals surface area contributed by atoms with E-state index in [9.17, 15) is 0 Å². The van der Waals surface area contributed by atoms with Crippen LogP contribution >= 0.6 is 0 Å². The fourth-order valence-electron chi connectivity index (χ4n) is 0.640. The van der Waals surface area contributed by atoms with Crippen molar-refractivity contribution in [1.82, 2.24) is 5.32 Å². The van der Waals surface area contributed by atoms with Gasteiger partial charge in [-0.2, -0.15) is 0 Å². The van der Waals surface area contributed by atoms with E-state index in [2.05, 4.69) is 11.9 Å². The summed E-state index contributed by atoms with van der Waals surface area (Å²) in [5.41, 5.74) is 7.02. The molecule has 0 aliphatic rings. The van der Waals surface area contributed by atoms with Crippen molar-refractivity contribution in [2.45, 2.75) is 6.92 Å². The van der Waals surface area contributed by atoms with Crippen molar-refractivity contribution in [2.24, 2.45) is 5.73 Å². The van der Waals surface area contributed by atoms with Crippen molar-refractivity contribution < 1.29 is 4.74 Å².